The minimum atomic E-state index is -1.99. The molecular weight excluding hydrogens is 586 g/mol. The highest BCUT2D eigenvalue weighted by molar-refractivity contribution is 5.89. The predicted octanol–water partition coefficient (Wildman–Crippen LogP) is -0.154. The molecule has 1 spiro atoms. The van der Waals surface area contributed by atoms with E-state index in [1.807, 2.05) is 14.0 Å². The molecule has 12 nitrogen and oxygen atoms in total. The number of piperidine rings is 1. The van der Waals surface area contributed by atoms with Crippen molar-refractivity contribution in [3.63, 3.8) is 0 Å². The van der Waals surface area contributed by atoms with Gasteiger partial charge in [-0.05, 0) is 26.1 Å². The van der Waals surface area contributed by atoms with Crippen molar-refractivity contribution in [2.24, 2.45) is 28.6 Å². The summed E-state index contributed by atoms with van der Waals surface area (Å²) in [7, 11) is 8.11. The number of nitrogens with zero attached hydrogens (tertiary/aromatic N) is 1. The van der Waals surface area contributed by atoms with Gasteiger partial charge in [-0.1, -0.05) is 18.2 Å². The van der Waals surface area contributed by atoms with Gasteiger partial charge >= 0.3 is 5.97 Å². The van der Waals surface area contributed by atoms with E-state index in [0.29, 0.717) is 6.54 Å². The van der Waals surface area contributed by atoms with Crippen LogP contribution in [-0.2, 0) is 28.4 Å². The average Bonchev–Trinajstić information content (AvgIpc) is 3.38. The highest BCUT2D eigenvalue weighted by Gasteiger charge is 2.95. The number of benzene rings is 1. The highest BCUT2D eigenvalue weighted by atomic mass is 16.6. The largest absolute Gasteiger partial charge is 0.455 e. The lowest BCUT2D eigenvalue weighted by atomic mass is 9.40. The molecule has 1 saturated heterocycles. The summed E-state index contributed by atoms with van der Waals surface area (Å²) in [6.07, 6.45) is -6.31. The number of esters is 1. The second-order valence-corrected chi connectivity index (χ2v) is 14.3. The van der Waals surface area contributed by atoms with Crippen LogP contribution in [0.5, 0.6) is 0 Å². The summed E-state index contributed by atoms with van der Waals surface area (Å²) in [6.45, 7) is 2.59. The van der Waals surface area contributed by atoms with E-state index in [4.69, 9.17) is 28.4 Å². The van der Waals surface area contributed by atoms with E-state index in [-0.39, 0.29) is 31.6 Å². The van der Waals surface area contributed by atoms with Crippen LogP contribution in [0.15, 0.2) is 30.3 Å². The van der Waals surface area contributed by atoms with E-state index in [1.54, 1.807) is 51.7 Å². The first-order valence-electron chi connectivity index (χ1n) is 15.9. The molecule has 45 heavy (non-hydrogen) atoms. The Balaban J connectivity index is 1.54. The summed E-state index contributed by atoms with van der Waals surface area (Å²) in [5, 5.41) is 50.9. The van der Waals surface area contributed by atoms with Crippen molar-refractivity contribution in [3.8, 4) is 0 Å². The van der Waals surface area contributed by atoms with Crippen LogP contribution in [0.4, 0.5) is 0 Å². The van der Waals surface area contributed by atoms with Gasteiger partial charge in [0.05, 0.1) is 42.0 Å². The number of likely N-dealkylation sites (tertiary alicyclic amines) is 1. The van der Waals surface area contributed by atoms with Crippen molar-refractivity contribution in [1.82, 2.24) is 4.90 Å². The number of methoxy groups -OCH3 is 4. The first kappa shape index (κ1) is 31.9. The van der Waals surface area contributed by atoms with Gasteiger partial charge in [0.25, 0.3) is 0 Å². The fraction of sp³-hybridized carbons (Fsp3) is 0.788. The van der Waals surface area contributed by atoms with E-state index in [1.165, 1.54) is 7.11 Å². The zero-order chi connectivity index (χ0) is 32.3. The van der Waals surface area contributed by atoms with E-state index in [0.717, 1.165) is 0 Å². The monoisotopic (exact) mass is 633 g/mol. The molecule has 1 aliphatic heterocycles. The van der Waals surface area contributed by atoms with E-state index < -0.39 is 94.0 Å². The Hall–Kier alpha value is -1.71. The molecule has 0 radical (unpaired) electrons. The standard InChI is InChI=1S/C33H47NO11/c1-7-44-33-20-21(42-5)22-29(16-40-3)15-34(2)24(20)32(22,19(41-4)13-18(29)35)31(39)14-30(38,27(43-6)25(33)36)26(23(31)33)45-28(37)17-11-9-8-10-12-17/h8-12,18-27,35-36,38-39H,7,13-16H2,1-6H3/t18?,19-,20-,21-,22+,23-,24+,25-,26+,27-,29-,30-,31-,32+,33-/m0/s1. The lowest BCUT2D eigenvalue weighted by Gasteiger charge is -2.72. The van der Waals surface area contributed by atoms with Gasteiger partial charge in [0, 0.05) is 83.1 Å². The van der Waals surface area contributed by atoms with Crippen LogP contribution in [0, 0.1) is 28.6 Å². The third-order valence-electron chi connectivity index (χ3n) is 13.0. The summed E-state index contributed by atoms with van der Waals surface area (Å²) >= 11 is 0. The van der Waals surface area contributed by atoms with Gasteiger partial charge in [-0.2, -0.15) is 0 Å². The Morgan fingerprint density at radius 1 is 1.00 bits per heavy atom. The van der Waals surface area contributed by atoms with Crippen molar-refractivity contribution in [1.29, 1.82) is 0 Å². The zero-order valence-electron chi connectivity index (χ0n) is 26.8. The number of rotatable bonds is 9. The van der Waals surface area contributed by atoms with Crippen LogP contribution >= 0.6 is 0 Å². The SMILES string of the molecule is CCO[C@@]12[C@H]3[C@H](OC)[C@@H]4[C@]5(COC)CN(C)[C@H]3[C@]4([C@@H](OC)CC5O)[C@]3(O)C[C@](O)([C@H](OC(=O)c4ccccc4)[C@H]13)[C@@H](OC)[C@@H]2O. The minimum absolute atomic E-state index is 0.151. The summed E-state index contributed by atoms with van der Waals surface area (Å²) in [5.41, 5.74) is -7.21. The lowest BCUT2D eigenvalue weighted by Crippen LogP contribution is -2.85. The Bertz CT molecular complexity index is 1320. The van der Waals surface area contributed by atoms with Crippen LogP contribution in [-0.4, -0.2) is 146 Å². The fourth-order valence-corrected chi connectivity index (χ4v) is 12.3. The molecule has 1 unspecified atom stereocenters. The van der Waals surface area contributed by atoms with Crippen LogP contribution < -0.4 is 0 Å². The third-order valence-corrected chi connectivity index (χ3v) is 13.0. The van der Waals surface area contributed by atoms with Crippen LogP contribution in [0.25, 0.3) is 0 Å². The van der Waals surface area contributed by atoms with Crippen LogP contribution in [0.1, 0.15) is 30.1 Å². The molecule has 1 aromatic carbocycles. The summed E-state index contributed by atoms with van der Waals surface area (Å²) in [5.74, 6) is -2.93. The topological polar surface area (TPSA) is 157 Å². The number of aliphatic hydroxyl groups excluding tert-OH is 2. The molecule has 12 heteroatoms. The maximum absolute atomic E-state index is 13.7. The van der Waals surface area contributed by atoms with Gasteiger partial charge in [0.2, 0.25) is 0 Å². The minimum Gasteiger partial charge on any atom is -0.455 e. The Kier molecular flexibility index (Phi) is 7.36. The van der Waals surface area contributed by atoms with Crippen molar-refractivity contribution in [2.75, 3.05) is 55.2 Å². The maximum atomic E-state index is 13.7. The van der Waals surface area contributed by atoms with Crippen molar-refractivity contribution in [2.45, 2.75) is 79.2 Å². The van der Waals surface area contributed by atoms with Gasteiger partial charge in [-0.15, -0.1) is 0 Å². The van der Waals surface area contributed by atoms with E-state index in [2.05, 4.69) is 4.90 Å². The second-order valence-electron chi connectivity index (χ2n) is 14.3. The molecule has 15 atom stereocenters. The summed E-state index contributed by atoms with van der Waals surface area (Å²) in [6, 6.07) is 8.00. The fourth-order valence-electron chi connectivity index (χ4n) is 12.3. The molecule has 0 amide bonds. The quantitative estimate of drug-likeness (QED) is 0.267. The van der Waals surface area contributed by atoms with Gasteiger partial charge in [-0.25, -0.2) is 4.79 Å². The van der Waals surface area contributed by atoms with Crippen molar-refractivity contribution < 1.29 is 53.6 Å². The number of hydrogen-bond donors (Lipinski definition) is 4. The van der Waals surface area contributed by atoms with Crippen LogP contribution in [0.2, 0.25) is 0 Å². The molecule has 250 valence electrons. The van der Waals surface area contributed by atoms with Crippen molar-refractivity contribution >= 4 is 5.97 Å². The smallest absolute Gasteiger partial charge is 0.338 e. The zero-order valence-corrected chi connectivity index (χ0v) is 26.8. The average molecular weight is 634 g/mol. The van der Waals surface area contributed by atoms with Crippen molar-refractivity contribution in [3.05, 3.63) is 35.9 Å². The maximum Gasteiger partial charge on any atom is 0.338 e. The Labute approximate surface area is 263 Å². The normalized spacial score (nSPS) is 52.6. The molecule has 0 aromatic heterocycles. The lowest BCUT2D eigenvalue weighted by molar-refractivity contribution is -0.359. The molecule has 1 heterocycles. The number of ether oxygens (including phenoxy) is 6. The second kappa shape index (κ2) is 10.4. The summed E-state index contributed by atoms with van der Waals surface area (Å²) < 4.78 is 37.4. The van der Waals surface area contributed by atoms with E-state index >= 15 is 0 Å². The summed E-state index contributed by atoms with van der Waals surface area (Å²) in [4.78, 5) is 15.9. The molecule has 4 N–H and O–H groups in total. The van der Waals surface area contributed by atoms with E-state index in [9.17, 15) is 25.2 Å². The number of hydrogen-bond acceptors (Lipinski definition) is 12. The Morgan fingerprint density at radius 3 is 2.31 bits per heavy atom. The highest BCUT2D eigenvalue weighted by Crippen LogP contribution is 2.81. The number of aliphatic hydroxyl groups is 4. The van der Waals surface area contributed by atoms with Crippen LogP contribution in [0.3, 0.4) is 0 Å². The van der Waals surface area contributed by atoms with Gasteiger partial charge in [-0.3, -0.25) is 0 Å². The molecular formula is C33H47NO11. The number of carbonyl (C=O) groups is 1. The third kappa shape index (κ3) is 3.39. The Morgan fingerprint density at radius 2 is 1.71 bits per heavy atom. The molecule has 6 aliphatic rings. The molecule has 5 saturated carbocycles. The number of fused-ring (bicyclic) bond motifs is 2. The van der Waals surface area contributed by atoms with Gasteiger partial charge in [0.15, 0.2) is 0 Å². The molecule has 7 bridgehead atoms. The molecule has 7 rings (SSSR count). The molecule has 5 aliphatic carbocycles. The predicted molar refractivity (Wildman–Crippen MR) is 157 cm³/mol. The first-order chi connectivity index (χ1) is 21.5. The molecule has 1 aromatic rings. The number of carbonyl (C=O) groups excluding carboxylic acids is 1. The van der Waals surface area contributed by atoms with Gasteiger partial charge < -0.3 is 53.7 Å². The molecule has 6 fully saturated rings. The van der Waals surface area contributed by atoms with Gasteiger partial charge in [0.1, 0.15) is 29.5 Å². The first-order valence-corrected chi connectivity index (χ1v) is 15.9.